The lowest BCUT2D eigenvalue weighted by Crippen LogP contribution is -2.50. The van der Waals surface area contributed by atoms with E-state index in [1.807, 2.05) is 0 Å². The highest BCUT2D eigenvalue weighted by atomic mass is 16.4. The van der Waals surface area contributed by atoms with Crippen LogP contribution in [0.2, 0.25) is 0 Å². The molecule has 0 aliphatic carbocycles. The molecule has 0 saturated carbocycles. The zero-order valence-electron chi connectivity index (χ0n) is 10.5. The van der Waals surface area contributed by atoms with Crippen LogP contribution in [-0.2, 0) is 14.4 Å². The molecule has 2 atom stereocenters. The highest BCUT2D eigenvalue weighted by molar-refractivity contribution is 6.06. The second-order valence-electron chi connectivity index (χ2n) is 4.69. The number of hydrogen-bond donors (Lipinski definition) is 2. The molecule has 0 aromatic heterocycles. The summed E-state index contributed by atoms with van der Waals surface area (Å²) in [5, 5.41) is 11.4. The molecular weight excluding hydrogens is 254 g/mol. The fraction of sp³-hybridized carbons (Fsp3) is 0.636. The van der Waals surface area contributed by atoms with E-state index in [-0.39, 0.29) is 12.3 Å². The Hall–Kier alpha value is -2.12. The number of urea groups is 1. The van der Waals surface area contributed by atoms with E-state index >= 15 is 0 Å². The zero-order valence-corrected chi connectivity index (χ0v) is 10.5. The van der Waals surface area contributed by atoms with Crippen LogP contribution in [0, 0.1) is 0 Å². The van der Waals surface area contributed by atoms with E-state index in [9.17, 15) is 19.2 Å². The van der Waals surface area contributed by atoms with Crippen LogP contribution in [-0.4, -0.2) is 64.4 Å². The Labute approximate surface area is 109 Å². The smallest absolute Gasteiger partial charge is 0.326 e. The summed E-state index contributed by atoms with van der Waals surface area (Å²) in [6.45, 7) is 0.341. The monoisotopic (exact) mass is 269 g/mol. The van der Waals surface area contributed by atoms with Gasteiger partial charge < -0.3 is 15.3 Å². The standard InChI is InChI=1S/C11H15N3O5/c1-13-8(15)5-6(9(13)16)12-11(19)14-4-2-3-7(14)10(17)18/h6-7H,2-5H2,1H3,(H,12,19)(H,17,18). The number of carbonyl (C=O) groups excluding carboxylic acids is 3. The van der Waals surface area contributed by atoms with Crippen molar-refractivity contribution in [2.45, 2.75) is 31.3 Å². The number of aliphatic carboxylic acids is 1. The molecule has 2 saturated heterocycles. The number of imide groups is 1. The molecule has 8 heteroatoms. The first-order valence-electron chi connectivity index (χ1n) is 6.02. The Morgan fingerprint density at radius 1 is 1.37 bits per heavy atom. The van der Waals surface area contributed by atoms with Crippen molar-refractivity contribution in [3.8, 4) is 0 Å². The van der Waals surface area contributed by atoms with Crippen LogP contribution in [0.1, 0.15) is 19.3 Å². The molecule has 0 aromatic rings. The van der Waals surface area contributed by atoms with Gasteiger partial charge in [-0.3, -0.25) is 14.5 Å². The molecule has 0 radical (unpaired) electrons. The Balaban J connectivity index is 2.00. The number of likely N-dealkylation sites (N-methyl/N-ethyl adjacent to an activating group) is 1. The van der Waals surface area contributed by atoms with E-state index in [0.29, 0.717) is 19.4 Å². The van der Waals surface area contributed by atoms with E-state index in [2.05, 4.69) is 5.32 Å². The molecule has 8 nitrogen and oxygen atoms in total. The number of nitrogens with zero attached hydrogens (tertiary/aromatic N) is 2. The van der Waals surface area contributed by atoms with Crippen LogP contribution in [0.15, 0.2) is 0 Å². The van der Waals surface area contributed by atoms with Crippen LogP contribution in [0.25, 0.3) is 0 Å². The highest BCUT2D eigenvalue weighted by Crippen LogP contribution is 2.18. The quantitative estimate of drug-likeness (QED) is 0.625. The minimum absolute atomic E-state index is 0.0767. The van der Waals surface area contributed by atoms with Gasteiger partial charge in [0.25, 0.3) is 5.91 Å². The van der Waals surface area contributed by atoms with Crippen molar-refractivity contribution in [2.75, 3.05) is 13.6 Å². The maximum atomic E-state index is 11.9. The number of nitrogens with one attached hydrogen (secondary N) is 1. The van der Waals surface area contributed by atoms with Gasteiger partial charge in [0.05, 0.1) is 6.42 Å². The Kier molecular flexibility index (Phi) is 3.41. The van der Waals surface area contributed by atoms with Gasteiger partial charge >= 0.3 is 12.0 Å². The third-order valence-corrected chi connectivity index (χ3v) is 3.48. The van der Waals surface area contributed by atoms with E-state index in [4.69, 9.17) is 5.11 Å². The number of carboxylic acids is 1. The number of rotatable bonds is 2. The van der Waals surface area contributed by atoms with Crippen molar-refractivity contribution in [1.29, 1.82) is 0 Å². The molecule has 2 N–H and O–H groups in total. The number of likely N-dealkylation sites (tertiary alicyclic amines) is 2. The summed E-state index contributed by atoms with van der Waals surface area (Å²) in [5.74, 6) is -1.88. The summed E-state index contributed by atoms with van der Waals surface area (Å²) in [7, 11) is 1.35. The van der Waals surface area contributed by atoms with Gasteiger partial charge in [-0.05, 0) is 12.8 Å². The molecule has 2 rings (SSSR count). The van der Waals surface area contributed by atoms with Crippen LogP contribution >= 0.6 is 0 Å². The van der Waals surface area contributed by atoms with Gasteiger partial charge in [0.15, 0.2) is 0 Å². The van der Waals surface area contributed by atoms with Gasteiger partial charge in [-0.2, -0.15) is 0 Å². The molecule has 2 aliphatic heterocycles. The van der Waals surface area contributed by atoms with E-state index < -0.39 is 30.0 Å². The summed E-state index contributed by atoms with van der Waals surface area (Å²) in [5.41, 5.74) is 0. The van der Waals surface area contributed by atoms with Gasteiger partial charge in [-0.25, -0.2) is 9.59 Å². The van der Waals surface area contributed by atoms with Gasteiger partial charge in [-0.1, -0.05) is 0 Å². The molecule has 0 aromatic carbocycles. The lowest BCUT2D eigenvalue weighted by atomic mass is 10.2. The lowest BCUT2D eigenvalue weighted by Gasteiger charge is -2.23. The SMILES string of the molecule is CN1C(=O)CC(NC(=O)N2CCCC2C(=O)O)C1=O. The minimum atomic E-state index is -1.06. The van der Waals surface area contributed by atoms with Crippen molar-refractivity contribution in [3.05, 3.63) is 0 Å². The van der Waals surface area contributed by atoms with Gasteiger partial charge in [0.2, 0.25) is 5.91 Å². The van der Waals surface area contributed by atoms with Crippen molar-refractivity contribution in [3.63, 3.8) is 0 Å². The van der Waals surface area contributed by atoms with Crippen LogP contribution in [0.4, 0.5) is 4.79 Å². The summed E-state index contributed by atoms with van der Waals surface area (Å²) in [4.78, 5) is 48.0. The van der Waals surface area contributed by atoms with Crippen LogP contribution < -0.4 is 5.32 Å². The Bertz CT molecular complexity index is 450. The van der Waals surface area contributed by atoms with E-state index in [0.717, 1.165) is 4.90 Å². The van der Waals surface area contributed by atoms with Crippen molar-refractivity contribution in [2.24, 2.45) is 0 Å². The first kappa shape index (κ1) is 13.3. The first-order valence-corrected chi connectivity index (χ1v) is 6.02. The fourth-order valence-electron chi connectivity index (χ4n) is 2.37. The van der Waals surface area contributed by atoms with E-state index in [1.54, 1.807) is 0 Å². The van der Waals surface area contributed by atoms with Crippen molar-refractivity contribution in [1.82, 2.24) is 15.1 Å². The van der Waals surface area contributed by atoms with E-state index in [1.165, 1.54) is 11.9 Å². The normalized spacial score (nSPS) is 27.0. The molecule has 19 heavy (non-hydrogen) atoms. The Morgan fingerprint density at radius 3 is 2.58 bits per heavy atom. The Morgan fingerprint density at radius 2 is 2.05 bits per heavy atom. The fourth-order valence-corrected chi connectivity index (χ4v) is 2.37. The lowest BCUT2D eigenvalue weighted by molar-refractivity contribution is -0.141. The number of carbonyl (C=O) groups is 4. The molecule has 2 aliphatic rings. The van der Waals surface area contributed by atoms with Gasteiger partial charge in [-0.15, -0.1) is 0 Å². The molecule has 104 valence electrons. The molecule has 2 unspecified atom stereocenters. The first-order chi connectivity index (χ1) is 8.91. The molecule has 4 amide bonds. The average Bonchev–Trinajstić information content (AvgIpc) is 2.92. The van der Waals surface area contributed by atoms with Crippen LogP contribution in [0.5, 0.6) is 0 Å². The molecule has 2 fully saturated rings. The van der Waals surface area contributed by atoms with Gasteiger partial charge in [0.1, 0.15) is 12.1 Å². The number of carboxylic acid groups (broad SMARTS) is 1. The predicted octanol–water partition coefficient (Wildman–Crippen LogP) is -0.998. The molecule has 0 spiro atoms. The second-order valence-corrected chi connectivity index (χ2v) is 4.69. The largest absolute Gasteiger partial charge is 0.480 e. The third-order valence-electron chi connectivity index (χ3n) is 3.48. The second kappa shape index (κ2) is 4.87. The summed E-state index contributed by atoms with van der Waals surface area (Å²) in [6, 6.07) is -2.35. The van der Waals surface area contributed by atoms with Crippen molar-refractivity contribution >= 4 is 23.8 Å². The maximum absolute atomic E-state index is 11.9. The molecule has 0 bridgehead atoms. The zero-order chi connectivity index (χ0) is 14.2. The molecular formula is C11H15N3O5. The maximum Gasteiger partial charge on any atom is 0.326 e. The average molecular weight is 269 g/mol. The summed E-state index contributed by atoms with van der Waals surface area (Å²) >= 11 is 0. The minimum Gasteiger partial charge on any atom is -0.480 e. The number of amides is 4. The van der Waals surface area contributed by atoms with Crippen molar-refractivity contribution < 1.29 is 24.3 Å². The summed E-state index contributed by atoms with van der Waals surface area (Å²) < 4.78 is 0. The van der Waals surface area contributed by atoms with Crippen LogP contribution in [0.3, 0.4) is 0 Å². The molecule has 2 heterocycles. The number of hydrogen-bond acceptors (Lipinski definition) is 4. The third kappa shape index (κ3) is 2.38. The highest BCUT2D eigenvalue weighted by Gasteiger charge is 2.40. The topological polar surface area (TPSA) is 107 Å². The predicted molar refractivity (Wildman–Crippen MR) is 62.1 cm³/mol. The summed E-state index contributed by atoms with van der Waals surface area (Å²) in [6.07, 6.45) is 0.939. The van der Waals surface area contributed by atoms with Gasteiger partial charge in [0, 0.05) is 13.6 Å².